The van der Waals surface area contributed by atoms with Crippen LogP contribution >= 0.6 is 9.03 Å². The van der Waals surface area contributed by atoms with Crippen molar-refractivity contribution in [2.45, 2.75) is 47.1 Å². The van der Waals surface area contributed by atoms with Gasteiger partial charge in [-0.25, -0.2) is 0 Å². The summed E-state index contributed by atoms with van der Waals surface area (Å²) in [5.41, 5.74) is 10.2. The van der Waals surface area contributed by atoms with Crippen molar-refractivity contribution in [3.05, 3.63) is 46.7 Å². The average Bonchev–Trinajstić information content (AvgIpc) is 3.05. The van der Waals surface area contributed by atoms with Gasteiger partial charge in [-0.2, -0.15) is 0 Å². The van der Waals surface area contributed by atoms with Gasteiger partial charge in [-0.3, -0.25) is 0 Å². The van der Waals surface area contributed by atoms with Crippen LogP contribution < -0.4 is 5.73 Å². The number of allylic oxidation sites excluding steroid dienone is 7. The lowest BCUT2D eigenvalue weighted by Crippen LogP contribution is -2.21. The Balaban J connectivity index is 2.13. The second kappa shape index (κ2) is 8.17. The highest BCUT2D eigenvalue weighted by Gasteiger charge is 2.27. The topological polar surface area (TPSA) is 44.5 Å². The fraction of sp³-hybridized carbons (Fsp3) is 0.500. The van der Waals surface area contributed by atoms with E-state index >= 15 is 0 Å². The maximum atomic E-state index is 6.07. The minimum atomic E-state index is -0.0558. The van der Waals surface area contributed by atoms with Crippen LogP contribution in [0.1, 0.15) is 41.0 Å². The van der Waals surface area contributed by atoms with E-state index in [1.165, 1.54) is 5.57 Å². The smallest absolute Gasteiger partial charge is 0.155 e. The molecule has 2 N–H and O–H groups in total. The number of hydrogen-bond acceptors (Lipinski definition) is 3. The summed E-state index contributed by atoms with van der Waals surface area (Å²) in [5.74, 6) is 6.65. The zero-order chi connectivity index (χ0) is 17.7. The second-order valence-electron chi connectivity index (χ2n) is 7.12. The van der Waals surface area contributed by atoms with E-state index in [0.717, 1.165) is 17.6 Å². The van der Waals surface area contributed by atoms with E-state index in [-0.39, 0.29) is 20.6 Å². The van der Waals surface area contributed by atoms with E-state index in [4.69, 9.17) is 14.8 Å². The zero-order valence-electron chi connectivity index (χ0n) is 15.3. The molecule has 130 valence electrons. The first-order valence-corrected chi connectivity index (χ1v) is 9.19. The van der Waals surface area contributed by atoms with Crippen LogP contribution in [0.5, 0.6) is 0 Å². The van der Waals surface area contributed by atoms with Gasteiger partial charge in [0.05, 0.1) is 12.3 Å². The molecule has 0 aromatic carbocycles. The van der Waals surface area contributed by atoms with Gasteiger partial charge in [0, 0.05) is 0 Å². The molecule has 3 nitrogen and oxygen atoms in total. The van der Waals surface area contributed by atoms with Crippen LogP contribution in [0.2, 0.25) is 0 Å². The summed E-state index contributed by atoms with van der Waals surface area (Å²) in [6.45, 7) is 11.4. The summed E-state index contributed by atoms with van der Waals surface area (Å²) in [7, 11) is 0.103. The highest BCUT2D eigenvalue weighted by Crippen LogP contribution is 2.39. The predicted octanol–water partition coefficient (Wildman–Crippen LogP) is 4.64. The number of rotatable bonds is 2. The molecule has 0 aromatic rings. The Bertz CT molecular complexity index is 653. The molecule has 0 saturated carbocycles. The molecule has 2 rings (SSSR count). The minimum Gasteiger partial charge on any atom is -0.392 e. The van der Waals surface area contributed by atoms with Crippen LogP contribution in [0.4, 0.5) is 0 Å². The van der Waals surface area contributed by atoms with Gasteiger partial charge in [0.25, 0.3) is 0 Å². The maximum absolute atomic E-state index is 6.07. The third kappa shape index (κ3) is 4.84. The summed E-state index contributed by atoms with van der Waals surface area (Å²) >= 11 is 0. The SMILES string of the molecule is C/C(=C(/N)C#C/C(C)=C/C=C1/C(C)C=CCC1(C)C)C1COPO1. The van der Waals surface area contributed by atoms with Crippen molar-refractivity contribution in [2.75, 3.05) is 6.61 Å². The standard InChI is InChI=1S/C20H28NO2P/c1-14(8-10-17-15(2)7-6-12-20(17,4)5)9-11-18(21)16(3)19-13-22-24-23-19/h6-8,10,15,19,24H,12-13,21H2,1-5H3/b14-8+,17-10-,18-16-. The molecule has 3 unspecified atom stereocenters. The number of nitrogens with two attached hydrogens (primary N) is 1. The van der Waals surface area contributed by atoms with Gasteiger partial charge in [0.2, 0.25) is 0 Å². The van der Waals surface area contributed by atoms with Gasteiger partial charge in [-0.15, -0.1) is 0 Å². The summed E-state index contributed by atoms with van der Waals surface area (Å²) < 4.78 is 10.7. The molecule has 2 aliphatic rings. The molecule has 24 heavy (non-hydrogen) atoms. The monoisotopic (exact) mass is 345 g/mol. The van der Waals surface area contributed by atoms with Gasteiger partial charge in [0.15, 0.2) is 9.03 Å². The Kier molecular flexibility index (Phi) is 6.47. The van der Waals surface area contributed by atoms with E-state index < -0.39 is 0 Å². The summed E-state index contributed by atoms with van der Waals surface area (Å²) in [4.78, 5) is 0. The van der Waals surface area contributed by atoms with E-state index in [0.29, 0.717) is 18.2 Å². The van der Waals surface area contributed by atoms with Gasteiger partial charge >= 0.3 is 0 Å². The molecule has 0 radical (unpaired) electrons. The van der Waals surface area contributed by atoms with Crippen LogP contribution in [0.3, 0.4) is 0 Å². The van der Waals surface area contributed by atoms with Crippen LogP contribution in [0, 0.1) is 23.2 Å². The molecule has 4 heteroatoms. The van der Waals surface area contributed by atoms with Crippen molar-refractivity contribution in [1.29, 1.82) is 0 Å². The zero-order valence-corrected chi connectivity index (χ0v) is 16.3. The van der Waals surface area contributed by atoms with E-state index in [9.17, 15) is 0 Å². The normalized spacial score (nSPS) is 30.2. The van der Waals surface area contributed by atoms with Gasteiger partial charge in [-0.1, -0.05) is 56.6 Å². The van der Waals surface area contributed by atoms with E-state index in [1.807, 2.05) is 13.8 Å². The van der Waals surface area contributed by atoms with Gasteiger partial charge < -0.3 is 14.8 Å². The van der Waals surface area contributed by atoms with E-state index in [2.05, 4.69) is 56.9 Å². The second-order valence-corrected chi connectivity index (χ2v) is 7.82. The molecule has 0 bridgehead atoms. The molecule has 0 amide bonds. The van der Waals surface area contributed by atoms with Gasteiger partial charge in [0.1, 0.15) is 6.10 Å². The van der Waals surface area contributed by atoms with Gasteiger partial charge in [-0.05, 0) is 48.7 Å². The summed E-state index contributed by atoms with van der Waals surface area (Å²) in [6, 6.07) is 0. The van der Waals surface area contributed by atoms with Crippen molar-refractivity contribution < 1.29 is 9.05 Å². The van der Waals surface area contributed by atoms with Crippen LogP contribution in [-0.2, 0) is 9.05 Å². The van der Waals surface area contributed by atoms with Crippen LogP contribution in [0.25, 0.3) is 0 Å². The summed E-state index contributed by atoms with van der Waals surface area (Å²) in [5, 5.41) is 0. The Labute approximate surface area is 148 Å². The van der Waals surface area contributed by atoms with Crippen molar-refractivity contribution in [1.82, 2.24) is 0 Å². The Morgan fingerprint density at radius 1 is 1.38 bits per heavy atom. The quantitative estimate of drug-likeness (QED) is 0.450. The minimum absolute atomic E-state index is 0.0558. The third-order valence-corrected chi connectivity index (χ3v) is 5.29. The Morgan fingerprint density at radius 3 is 2.75 bits per heavy atom. The first-order valence-electron chi connectivity index (χ1n) is 8.37. The molecule has 1 saturated heterocycles. The van der Waals surface area contributed by atoms with Crippen molar-refractivity contribution >= 4 is 9.03 Å². The van der Waals surface area contributed by atoms with E-state index in [1.54, 1.807) is 0 Å². The largest absolute Gasteiger partial charge is 0.392 e. The molecule has 1 fully saturated rings. The van der Waals surface area contributed by atoms with Crippen molar-refractivity contribution in [3.8, 4) is 11.8 Å². The third-order valence-electron chi connectivity index (χ3n) is 4.62. The predicted molar refractivity (Wildman–Crippen MR) is 102 cm³/mol. The fourth-order valence-electron chi connectivity index (χ4n) is 2.93. The molecular formula is C20H28NO2P. The summed E-state index contributed by atoms with van der Waals surface area (Å²) in [6.07, 6.45) is 9.90. The molecule has 1 heterocycles. The maximum Gasteiger partial charge on any atom is 0.155 e. The molecular weight excluding hydrogens is 317 g/mol. The molecule has 0 spiro atoms. The highest BCUT2D eigenvalue weighted by atomic mass is 31.1. The van der Waals surface area contributed by atoms with Crippen LogP contribution in [-0.4, -0.2) is 12.7 Å². The van der Waals surface area contributed by atoms with Crippen LogP contribution in [0.15, 0.2) is 46.7 Å². The lowest BCUT2D eigenvalue weighted by Gasteiger charge is -2.33. The Morgan fingerprint density at radius 2 is 2.12 bits per heavy atom. The Hall–Kier alpha value is -1.33. The molecule has 0 aromatic heterocycles. The number of hydrogen-bond donors (Lipinski definition) is 1. The molecule has 1 aliphatic carbocycles. The molecule has 1 aliphatic heterocycles. The highest BCUT2D eigenvalue weighted by molar-refractivity contribution is 7.26. The van der Waals surface area contributed by atoms with Crippen molar-refractivity contribution in [2.24, 2.45) is 17.1 Å². The lowest BCUT2D eigenvalue weighted by molar-refractivity contribution is 0.278. The first-order chi connectivity index (χ1) is 11.3. The molecule has 3 atom stereocenters. The van der Waals surface area contributed by atoms with Crippen molar-refractivity contribution in [3.63, 3.8) is 0 Å². The average molecular weight is 345 g/mol. The fourth-order valence-corrected chi connectivity index (χ4v) is 3.57. The first kappa shape index (κ1) is 19.0. The lowest BCUT2D eigenvalue weighted by atomic mass is 9.71.